The number of rotatable bonds is 7. The molecule has 108 valence electrons. The van der Waals surface area contributed by atoms with Crippen LogP contribution in [0.3, 0.4) is 0 Å². The number of hydrogen-bond donors (Lipinski definition) is 2. The van der Waals surface area contributed by atoms with E-state index in [2.05, 4.69) is 5.32 Å². The SMILES string of the molecule is CC(C)N(CC(=O)O)C(=O)NCC(C1CC1)C1CC1. The van der Waals surface area contributed by atoms with E-state index in [9.17, 15) is 9.59 Å². The van der Waals surface area contributed by atoms with Crippen LogP contribution in [0.15, 0.2) is 0 Å². The molecule has 2 aliphatic carbocycles. The first kappa shape index (κ1) is 14.2. The quantitative estimate of drug-likeness (QED) is 0.741. The summed E-state index contributed by atoms with van der Waals surface area (Å²) in [5, 5.41) is 11.8. The normalized spacial score (nSPS) is 18.7. The number of carbonyl (C=O) groups is 2. The van der Waals surface area contributed by atoms with E-state index in [1.165, 1.54) is 30.6 Å². The summed E-state index contributed by atoms with van der Waals surface area (Å²) >= 11 is 0. The number of aliphatic carboxylic acids is 1. The Morgan fingerprint density at radius 1 is 1.21 bits per heavy atom. The van der Waals surface area contributed by atoms with Gasteiger partial charge in [-0.2, -0.15) is 0 Å². The molecular formula is C14H24N2O3. The van der Waals surface area contributed by atoms with Gasteiger partial charge in [0.2, 0.25) is 0 Å². The Bertz CT molecular complexity index is 337. The average molecular weight is 268 g/mol. The number of urea groups is 1. The third kappa shape index (κ3) is 4.11. The lowest BCUT2D eigenvalue weighted by Gasteiger charge is -2.26. The van der Waals surface area contributed by atoms with Crippen molar-refractivity contribution in [2.45, 2.75) is 45.6 Å². The van der Waals surface area contributed by atoms with Crippen molar-refractivity contribution in [2.75, 3.05) is 13.1 Å². The van der Waals surface area contributed by atoms with Crippen LogP contribution in [0.5, 0.6) is 0 Å². The van der Waals surface area contributed by atoms with Crippen LogP contribution in [0.4, 0.5) is 4.79 Å². The second kappa shape index (κ2) is 5.80. The first-order valence-corrected chi connectivity index (χ1v) is 7.25. The van der Waals surface area contributed by atoms with Crippen LogP contribution in [-0.4, -0.2) is 41.1 Å². The molecule has 0 unspecified atom stereocenters. The zero-order valence-electron chi connectivity index (χ0n) is 11.8. The summed E-state index contributed by atoms with van der Waals surface area (Å²) in [7, 11) is 0. The van der Waals surface area contributed by atoms with Gasteiger partial charge in [0.1, 0.15) is 6.54 Å². The molecule has 2 N–H and O–H groups in total. The number of hydrogen-bond acceptors (Lipinski definition) is 2. The molecule has 2 fully saturated rings. The number of nitrogens with zero attached hydrogens (tertiary/aromatic N) is 1. The van der Waals surface area contributed by atoms with Crippen LogP contribution in [0.25, 0.3) is 0 Å². The third-order valence-electron chi connectivity index (χ3n) is 4.13. The van der Waals surface area contributed by atoms with E-state index in [0.717, 1.165) is 11.8 Å². The summed E-state index contributed by atoms with van der Waals surface area (Å²) in [6.45, 7) is 4.14. The van der Waals surface area contributed by atoms with Gasteiger partial charge in [0.25, 0.3) is 0 Å². The minimum atomic E-state index is -0.968. The number of carboxylic acid groups (broad SMARTS) is 1. The largest absolute Gasteiger partial charge is 0.480 e. The Kier molecular flexibility index (Phi) is 4.32. The highest BCUT2D eigenvalue weighted by molar-refractivity contribution is 5.80. The van der Waals surface area contributed by atoms with Gasteiger partial charge >= 0.3 is 12.0 Å². The van der Waals surface area contributed by atoms with Crippen LogP contribution in [0.2, 0.25) is 0 Å². The lowest BCUT2D eigenvalue weighted by Crippen LogP contribution is -2.47. The van der Waals surface area contributed by atoms with Crippen molar-refractivity contribution in [3.63, 3.8) is 0 Å². The lowest BCUT2D eigenvalue weighted by atomic mass is 9.98. The summed E-state index contributed by atoms with van der Waals surface area (Å²) < 4.78 is 0. The van der Waals surface area contributed by atoms with Crippen LogP contribution >= 0.6 is 0 Å². The number of carboxylic acids is 1. The second-order valence-electron chi connectivity index (χ2n) is 6.14. The van der Waals surface area contributed by atoms with E-state index in [1.54, 1.807) is 0 Å². The molecule has 0 heterocycles. The zero-order chi connectivity index (χ0) is 14.0. The fourth-order valence-electron chi connectivity index (χ4n) is 2.71. The fourth-order valence-corrected chi connectivity index (χ4v) is 2.71. The molecule has 0 aliphatic heterocycles. The Labute approximate surface area is 114 Å². The van der Waals surface area contributed by atoms with Gasteiger partial charge < -0.3 is 15.3 Å². The molecule has 5 heteroatoms. The van der Waals surface area contributed by atoms with Crippen molar-refractivity contribution >= 4 is 12.0 Å². The first-order valence-electron chi connectivity index (χ1n) is 7.25. The average Bonchev–Trinajstić information content (AvgIpc) is 3.16. The van der Waals surface area contributed by atoms with Gasteiger partial charge in [0, 0.05) is 12.6 Å². The highest BCUT2D eigenvalue weighted by Crippen LogP contribution is 2.48. The van der Waals surface area contributed by atoms with Crippen LogP contribution in [0.1, 0.15) is 39.5 Å². The number of amides is 2. The maximum absolute atomic E-state index is 12.1. The molecule has 2 amide bonds. The van der Waals surface area contributed by atoms with Gasteiger partial charge in [-0.15, -0.1) is 0 Å². The Morgan fingerprint density at radius 3 is 2.11 bits per heavy atom. The molecule has 2 aliphatic rings. The van der Waals surface area contributed by atoms with E-state index < -0.39 is 5.97 Å². The maximum Gasteiger partial charge on any atom is 0.323 e. The minimum Gasteiger partial charge on any atom is -0.480 e. The molecule has 19 heavy (non-hydrogen) atoms. The van der Waals surface area contributed by atoms with Gasteiger partial charge in [-0.1, -0.05) is 0 Å². The van der Waals surface area contributed by atoms with Crippen LogP contribution in [0, 0.1) is 17.8 Å². The lowest BCUT2D eigenvalue weighted by molar-refractivity contribution is -0.138. The Balaban J connectivity index is 1.82. The molecule has 0 aromatic carbocycles. The monoisotopic (exact) mass is 268 g/mol. The zero-order valence-corrected chi connectivity index (χ0v) is 11.8. The van der Waals surface area contributed by atoms with Crippen molar-refractivity contribution in [3.05, 3.63) is 0 Å². The maximum atomic E-state index is 12.1. The first-order chi connectivity index (χ1) is 8.99. The van der Waals surface area contributed by atoms with Crippen molar-refractivity contribution in [1.82, 2.24) is 10.2 Å². The minimum absolute atomic E-state index is 0.101. The summed E-state index contributed by atoms with van der Waals surface area (Å²) in [5.41, 5.74) is 0. The van der Waals surface area contributed by atoms with E-state index in [-0.39, 0.29) is 18.6 Å². The summed E-state index contributed by atoms with van der Waals surface area (Å²) in [4.78, 5) is 24.2. The van der Waals surface area contributed by atoms with Crippen molar-refractivity contribution in [1.29, 1.82) is 0 Å². The summed E-state index contributed by atoms with van der Waals surface area (Å²) in [6, 6.07) is -0.347. The van der Waals surface area contributed by atoms with Gasteiger partial charge in [-0.25, -0.2) is 4.79 Å². The predicted molar refractivity (Wildman–Crippen MR) is 71.8 cm³/mol. The third-order valence-corrected chi connectivity index (χ3v) is 4.13. The molecule has 0 saturated heterocycles. The topological polar surface area (TPSA) is 69.6 Å². The molecule has 0 atom stereocenters. The molecular weight excluding hydrogens is 244 g/mol. The van der Waals surface area contributed by atoms with E-state index in [0.29, 0.717) is 12.5 Å². The fraction of sp³-hybridized carbons (Fsp3) is 0.857. The smallest absolute Gasteiger partial charge is 0.323 e. The highest BCUT2D eigenvalue weighted by Gasteiger charge is 2.41. The van der Waals surface area contributed by atoms with Gasteiger partial charge in [-0.05, 0) is 57.3 Å². The molecule has 0 spiro atoms. The summed E-state index contributed by atoms with van der Waals surface area (Å²) in [6.07, 6.45) is 5.17. The van der Waals surface area contributed by atoms with Gasteiger partial charge in [0.15, 0.2) is 0 Å². The Morgan fingerprint density at radius 2 is 1.74 bits per heavy atom. The van der Waals surface area contributed by atoms with E-state index in [4.69, 9.17) is 5.11 Å². The number of carbonyl (C=O) groups excluding carboxylic acids is 1. The predicted octanol–water partition coefficient (Wildman–Crippen LogP) is 1.93. The second-order valence-corrected chi connectivity index (χ2v) is 6.14. The molecule has 2 rings (SSSR count). The standard InChI is InChI=1S/C14H24N2O3/c1-9(2)16(8-13(17)18)14(19)15-7-12(10-3-4-10)11-5-6-11/h9-12H,3-8H2,1-2H3,(H,15,19)(H,17,18). The van der Waals surface area contributed by atoms with Crippen molar-refractivity contribution < 1.29 is 14.7 Å². The molecule has 0 aromatic heterocycles. The van der Waals surface area contributed by atoms with Crippen LogP contribution in [-0.2, 0) is 4.79 Å². The van der Waals surface area contributed by atoms with E-state index >= 15 is 0 Å². The summed E-state index contributed by atoms with van der Waals surface area (Å²) in [5.74, 6) is 1.23. The Hall–Kier alpha value is -1.26. The van der Waals surface area contributed by atoms with Crippen LogP contribution < -0.4 is 5.32 Å². The molecule has 0 aromatic rings. The molecule has 2 saturated carbocycles. The van der Waals surface area contributed by atoms with Gasteiger partial charge in [0.05, 0.1) is 0 Å². The van der Waals surface area contributed by atoms with Gasteiger partial charge in [-0.3, -0.25) is 4.79 Å². The van der Waals surface area contributed by atoms with Crippen molar-refractivity contribution in [2.24, 2.45) is 17.8 Å². The molecule has 0 radical (unpaired) electrons. The molecule has 0 bridgehead atoms. The van der Waals surface area contributed by atoms with E-state index in [1.807, 2.05) is 13.8 Å². The number of nitrogens with one attached hydrogen (secondary N) is 1. The highest BCUT2D eigenvalue weighted by atomic mass is 16.4. The molecule has 5 nitrogen and oxygen atoms in total. The van der Waals surface area contributed by atoms with Crippen molar-refractivity contribution in [3.8, 4) is 0 Å².